The number of rotatable bonds is 59. The van der Waals surface area contributed by atoms with E-state index in [1.54, 1.807) is 0 Å². The van der Waals surface area contributed by atoms with Gasteiger partial charge in [0.25, 0.3) is 0 Å². The first kappa shape index (κ1) is 68.2. The molecule has 0 amide bonds. The molecule has 0 N–H and O–H groups in total. The molecule has 70 heavy (non-hydrogen) atoms. The van der Waals surface area contributed by atoms with E-state index in [0.717, 1.165) is 64.2 Å². The quantitative estimate of drug-likeness (QED) is 0.0261. The Kier molecular flexibility index (Phi) is 58.1. The number of hydrogen-bond acceptors (Lipinski definition) is 6. The average Bonchev–Trinajstić information content (AvgIpc) is 3.36. The highest BCUT2D eigenvalue weighted by molar-refractivity contribution is 5.71. The number of carbonyl (C=O) groups excluding carboxylic acids is 3. The largest absolute Gasteiger partial charge is 0.462 e. The van der Waals surface area contributed by atoms with E-state index in [2.05, 4.69) is 32.9 Å². The molecule has 1 unspecified atom stereocenters. The van der Waals surface area contributed by atoms with Gasteiger partial charge in [0.15, 0.2) is 6.10 Å². The van der Waals surface area contributed by atoms with Gasteiger partial charge in [-0.15, -0.1) is 0 Å². The van der Waals surface area contributed by atoms with E-state index in [-0.39, 0.29) is 31.1 Å². The number of allylic oxidation sites excluding steroid dienone is 2. The van der Waals surface area contributed by atoms with Crippen molar-refractivity contribution in [2.24, 2.45) is 0 Å². The fourth-order valence-electron chi connectivity index (χ4n) is 9.74. The van der Waals surface area contributed by atoms with Gasteiger partial charge in [0.05, 0.1) is 0 Å². The van der Waals surface area contributed by atoms with Gasteiger partial charge >= 0.3 is 17.9 Å². The number of hydrogen-bond donors (Lipinski definition) is 0. The van der Waals surface area contributed by atoms with E-state index in [1.807, 2.05) is 0 Å². The smallest absolute Gasteiger partial charge is 0.306 e. The molecule has 0 aliphatic rings. The van der Waals surface area contributed by atoms with Crippen LogP contribution in [0.2, 0.25) is 0 Å². The van der Waals surface area contributed by atoms with Gasteiger partial charge in [0.2, 0.25) is 0 Å². The van der Waals surface area contributed by atoms with Gasteiger partial charge in [-0.3, -0.25) is 14.4 Å². The zero-order chi connectivity index (χ0) is 50.7. The van der Waals surface area contributed by atoms with Crippen LogP contribution in [0.1, 0.15) is 361 Å². The van der Waals surface area contributed by atoms with Gasteiger partial charge in [0.1, 0.15) is 13.2 Å². The maximum Gasteiger partial charge on any atom is 0.306 e. The molecule has 0 fully saturated rings. The predicted octanol–water partition coefficient (Wildman–Crippen LogP) is 21.3. The van der Waals surface area contributed by atoms with Crippen molar-refractivity contribution < 1.29 is 28.6 Å². The van der Waals surface area contributed by atoms with Crippen molar-refractivity contribution in [1.82, 2.24) is 0 Å². The van der Waals surface area contributed by atoms with Crippen molar-refractivity contribution in [2.75, 3.05) is 13.2 Å². The zero-order valence-corrected chi connectivity index (χ0v) is 47.6. The SMILES string of the molecule is CCCCCC/C=C\CCCCCCCC(=O)OC(COC(=O)CCCCCCCCCCCCCCC)COC(=O)CCCCCCCCCCCCCCCCCCCCCCCCCCCC. The van der Waals surface area contributed by atoms with E-state index in [1.165, 1.54) is 257 Å². The van der Waals surface area contributed by atoms with E-state index < -0.39 is 6.10 Å². The standard InChI is InChI=1S/C64H122O6/c1-4-7-10-13-16-19-22-25-26-27-28-29-30-31-32-33-34-35-36-37-40-42-45-48-51-54-57-63(66)69-60-61(70-64(67)58-55-52-49-46-43-39-24-21-18-15-12-9-6-3)59-68-62(65)56-53-50-47-44-41-38-23-20-17-14-11-8-5-2/h21,24,61H,4-20,22-23,25-60H2,1-3H3/b24-21-. The Labute approximate surface area is 437 Å². The summed E-state index contributed by atoms with van der Waals surface area (Å²) in [6.45, 7) is 6.68. The number of carbonyl (C=O) groups is 3. The Balaban J connectivity index is 4.15. The van der Waals surface area contributed by atoms with Crippen LogP contribution in [0.3, 0.4) is 0 Å². The van der Waals surface area contributed by atoms with Crippen LogP contribution in [-0.2, 0) is 28.6 Å². The molecule has 0 saturated carbocycles. The molecule has 0 aliphatic heterocycles. The van der Waals surface area contributed by atoms with Crippen LogP contribution in [-0.4, -0.2) is 37.2 Å². The zero-order valence-electron chi connectivity index (χ0n) is 47.6. The predicted molar refractivity (Wildman–Crippen MR) is 303 cm³/mol. The second-order valence-corrected chi connectivity index (χ2v) is 21.7. The molecule has 0 aromatic heterocycles. The second-order valence-electron chi connectivity index (χ2n) is 21.7. The maximum atomic E-state index is 12.8. The van der Waals surface area contributed by atoms with E-state index >= 15 is 0 Å². The number of ether oxygens (including phenoxy) is 3. The van der Waals surface area contributed by atoms with Crippen LogP contribution in [0.25, 0.3) is 0 Å². The van der Waals surface area contributed by atoms with Gasteiger partial charge in [-0.1, -0.05) is 309 Å². The molecule has 6 nitrogen and oxygen atoms in total. The molecule has 414 valence electrons. The van der Waals surface area contributed by atoms with Crippen molar-refractivity contribution in [1.29, 1.82) is 0 Å². The summed E-state index contributed by atoms with van der Waals surface area (Å²) in [5.41, 5.74) is 0. The second kappa shape index (κ2) is 59.7. The van der Waals surface area contributed by atoms with E-state index in [4.69, 9.17) is 14.2 Å². The third-order valence-corrected chi connectivity index (χ3v) is 14.5. The first-order valence-electron chi connectivity index (χ1n) is 31.7. The van der Waals surface area contributed by atoms with Crippen molar-refractivity contribution in [3.8, 4) is 0 Å². The topological polar surface area (TPSA) is 78.9 Å². The first-order chi connectivity index (χ1) is 34.5. The highest BCUT2D eigenvalue weighted by Crippen LogP contribution is 2.18. The molecule has 0 saturated heterocycles. The summed E-state index contributed by atoms with van der Waals surface area (Å²) in [6, 6.07) is 0. The number of esters is 3. The molecule has 1 atom stereocenters. The van der Waals surface area contributed by atoms with E-state index in [9.17, 15) is 14.4 Å². The lowest BCUT2D eigenvalue weighted by Crippen LogP contribution is -2.30. The highest BCUT2D eigenvalue weighted by Gasteiger charge is 2.19. The highest BCUT2D eigenvalue weighted by atomic mass is 16.6. The Morgan fingerprint density at radius 2 is 0.471 bits per heavy atom. The summed E-state index contributed by atoms with van der Waals surface area (Å²) in [7, 11) is 0. The van der Waals surface area contributed by atoms with Crippen LogP contribution in [0, 0.1) is 0 Å². The van der Waals surface area contributed by atoms with E-state index in [0.29, 0.717) is 19.3 Å². The molecule has 0 spiro atoms. The normalized spacial score (nSPS) is 12.0. The van der Waals surface area contributed by atoms with Crippen molar-refractivity contribution in [3.05, 3.63) is 12.2 Å². The molecule has 0 heterocycles. The Bertz CT molecular complexity index is 1090. The summed E-state index contributed by atoms with van der Waals surface area (Å²) in [5.74, 6) is -0.850. The average molecular weight is 988 g/mol. The van der Waals surface area contributed by atoms with Gasteiger partial charge in [-0.05, 0) is 44.9 Å². The van der Waals surface area contributed by atoms with Crippen LogP contribution in [0.5, 0.6) is 0 Å². The minimum Gasteiger partial charge on any atom is -0.462 e. The third-order valence-electron chi connectivity index (χ3n) is 14.5. The lowest BCUT2D eigenvalue weighted by molar-refractivity contribution is -0.167. The molecule has 0 aliphatic carbocycles. The van der Waals surface area contributed by atoms with Crippen molar-refractivity contribution >= 4 is 17.9 Å². The molecule has 0 aromatic rings. The summed E-state index contributed by atoms with van der Waals surface area (Å²) in [6.07, 6.45) is 69.4. The Hall–Kier alpha value is -1.85. The van der Waals surface area contributed by atoms with Crippen LogP contribution in [0.4, 0.5) is 0 Å². The molecule has 0 radical (unpaired) electrons. The fourth-order valence-corrected chi connectivity index (χ4v) is 9.74. The molecule has 0 bridgehead atoms. The summed E-state index contributed by atoms with van der Waals surface area (Å²) in [4.78, 5) is 38.2. The number of unbranched alkanes of at least 4 members (excludes halogenated alkanes) is 46. The van der Waals surface area contributed by atoms with Gasteiger partial charge < -0.3 is 14.2 Å². The van der Waals surface area contributed by atoms with Gasteiger partial charge in [-0.25, -0.2) is 0 Å². The Morgan fingerprint density at radius 3 is 0.729 bits per heavy atom. The maximum absolute atomic E-state index is 12.8. The van der Waals surface area contributed by atoms with Gasteiger partial charge in [0, 0.05) is 19.3 Å². The van der Waals surface area contributed by atoms with Crippen molar-refractivity contribution in [2.45, 2.75) is 367 Å². The third kappa shape index (κ3) is 57.1. The molecular weight excluding hydrogens is 865 g/mol. The molecule has 0 aromatic carbocycles. The Morgan fingerprint density at radius 1 is 0.271 bits per heavy atom. The summed E-state index contributed by atoms with van der Waals surface area (Å²) < 4.78 is 16.9. The van der Waals surface area contributed by atoms with Crippen LogP contribution < -0.4 is 0 Å². The fraction of sp³-hybridized carbons (Fsp3) is 0.922. The summed E-state index contributed by atoms with van der Waals surface area (Å²) >= 11 is 0. The van der Waals surface area contributed by atoms with Gasteiger partial charge in [-0.2, -0.15) is 0 Å². The van der Waals surface area contributed by atoms with Crippen molar-refractivity contribution in [3.63, 3.8) is 0 Å². The minimum atomic E-state index is -0.769. The molecule has 6 heteroatoms. The summed E-state index contributed by atoms with van der Waals surface area (Å²) in [5, 5.41) is 0. The van der Waals surface area contributed by atoms with Crippen LogP contribution >= 0.6 is 0 Å². The lowest BCUT2D eigenvalue weighted by atomic mass is 10.0. The molecular formula is C64H122O6. The minimum absolute atomic E-state index is 0.0673. The first-order valence-corrected chi connectivity index (χ1v) is 31.7. The van der Waals surface area contributed by atoms with Crippen LogP contribution in [0.15, 0.2) is 12.2 Å². The lowest BCUT2D eigenvalue weighted by Gasteiger charge is -2.18. The monoisotopic (exact) mass is 987 g/mol. The molecule has 0 rings (SSSR count).